The predicted molar refractivity (Wildman–Crippen MR) is 70.4 cm³/mol. The van der Waals surface area contributed by atoms with Crippen LogP contribution in [0.5, 0.6) is 0 Å². The molecule has 0 bridgehead atoms. The number of hydrogen-bond donors (Lipinski definition) is 2. The number of hydrogen-bond acceptors (Lipinski definition) is 6. The molecule has 20 heavy (non-hydrogen) atoms. The second-order valence-corrected chi connectivity index (χ2v) is 5.11. The van der Waals surface area contributed by atoms with Crippen molar-refractivity contribution in [1.29, 1.82) is 0 Å². The van der Waals surface area contributed by atoms with Crippen molar-refractivity contribution in [2.75, 3.05) is 6.61 Å². The van der Waals surface area contributed by atoms with Crippen LogP contribution in [0, 0.1) is 0 Å². The van der Waals surface area contributed by atoms with Gasteiger partial charge in [0.1, 0.15) is 0 Å². The molecule has 0 aromatic rings. The van der Waals surface area contributed by atoms with Gasteiger partial charge in [-0.15, -0.1) is 0 Å². The van der Waals surface area contributed by atoms with Crippen LogP contribution in [0.3, 0.4) is 0 Å². The third-order valence-corrected chi connectivity index (χ3v) is 3.21. The summed E-state index contributed by atoms with van der Waals surface area (Å²) in [5.74, 6) is -3.42. The third-order valence-electron chi connectivity index (χ3n) is 3.21. The highest BCUT2D eigenvalue weighted by molar-refractivity contribution is 5.71. The molecule has 0 amide bonds. The van der Waals surface area contributed by atoms with Gasteiger partial charge in [-0.3, -0.25) is 9.59 Å². The number of cyclic esters (lactones) is 2. The van der Waals surface area contributed by atoms with Gasteiger partial charge in [0, 0.05) is 19.4 Å². The van der Waals surface area contributed by atoms with Crippen LogP contribution in [0.25, 0.3) is 0 Å². The lowest BCUT2D eigenvalue weighted by Gasteiger charge is -2.26. The van der Waals surface area contributed by atoms with Crippen molar-refractivity contribution in [3.8, 4) is 0 Å². The van der Waals surface area contributed by atoms with Crippen LogP contribution in [0.1, 0.15) is 64.2 Å². The molecule has 1 heterocycles. The van der Waals surface area contributed by atoms with E-state index in [2.05, 4.69) is 0 Å². The number of carbonyl (C=O) groups excluding carboxylic acids is 2. The SMILES string of the molecule is O=C1CCCCCCCCC(=O)OC(O)(CCCO)O1. The average molecular weight is 288 g/mol. The summed E-state index contributed by atoms with van der Waals surface area (Å²) in [6.45, 7) is -0.183. The van der Waals surface area contributed by atoms with Crippen molar-refractivity contribution >= 4 is 11.9 Å². The molecule has 0 radical (unpaired) electrons. The summed E-state index contributed by atoms with van der Waals surface area (Å²) in [7, 11) is 0. The standard InChI is InChI=1S/C14H24O6/c15-11-7-10-14(18)19-12(16)8-5-3-1-2-4-6-9-13(17)20-14/h15,18H,1-11H2. The van der Waals surface area contributed by atoms with E-state index in [-0.39, 0.29) is 32.3 Å². The topological polar surface area (TPSA) is 93.1 Å². The molecule has 0 unspecified atom stereocenters. The van der Waals surface area contributed by atoms with E-state index in [0.717, 1.165) is 25.7 Å². The predicted octanol–water partition coefficient (Wildman–Crippen LogP) is 1.63. The van der Waals surface area contributed by atoms with Gasteiger partial charge in [0.25, 0.3) is 0 Å². The van der Waals surface area contributed by atoms with Crippen molar-refractivity contribution in [2.45, 2.75) is 70.2 Å². The van der Waals surface area contributed by atoms with Gasteiger partial charge < -0.3 is 19.7 Å². The molecular formula is C14H24O6. The molecule has 1 saturated heterocycles. The lowest BCUT2D eigenvalue weighted by molar-refractivity contribution is -0.328. The quantitative estimate of drug-likeness (QED) is 0.767. The van der Waals surface area contributed by atoms with Crippen LogP contribution in [0.15, 0.2) is 0 Å². The molecule has 0 aromatic carbocycles. The molecule has 0 aliphatic carbocycles. The van der Waals surface area contributed by atoms with E-state index in [9.17, 15) is 14.7 Å². The molecule has 0 aromatic heterocycles. The number of aliphatic hydroxyl groups excluding tert-OH is 1. The maximum Gasteiger partial charge on any atom is 0.373 e. The zero-order chi connectivity index (χ0) is 14.8. The molecule has 6 heteroatoms. The third kappa shape index (κ3) is 6.86. The van der Waals surface area contributed by atoms with Crippen LogP contribution in [0.4, 0.5) is 0 Å². The molecule has 6 nitrogen and oxygen atoms in total. The Morgan fingerprint density at radius 2 is 1.35 bits per heavy atom. The maximum absolute atomic E-state index is 11.6. The molecule has 1 fully saturated rings. The molecule has 2 N–H and O–H groups in total. The molecule has 0 spiro atoms. The number of carbonyl (C=O) groups is 2. The smallest absolute Gasteiger partial charge is 0.373 e. The Morgan fingerprint density at radius 1 is 0.900 bits per heavy atom. The number of esters is 2. The first-order chi connectivity index (χ1) is 9.56. The van der Waals surface area contributed by atoms with E-state index in [1.807, 2.05) is 0 Å². The van der Waals surface area contributed by atoms with Crippen LogP contribution in [0.2, 0.25) is 0 Å². The first-order valence-corrected chi connectivity index (χ1v) is 7.33. The number of rotatable bonds is 3. The monoisotopic (exact) mass is 288 g/mol. The van der Waals surface area contributed by atoms with Crippen LogP contribution in [-0.4, -0.2) is 34.7 Å². The lowest BCUT2D eigenvalue weighted by Crippen LogP contribution is -2.40. The van der Waals surface area contributed by atoms with Crippen molar-refractivity contribution in [3.05, 3.63) is 0 Å². The summed E-state index contributed by atoms with van der Waals surface area (Å²) in [6, 6.07) is 0. The maximum atomic E-state index is 11.6. The van der Waals surface area contributed by atoms with E-state index < -0.39 is 17.9 Å². The average Bonchev–Trinajstić information content (AvgIpc) is 2.39. The Labute approximate surface area is 119 Å². The lowest BCUT2D eigenvalue weighted by atomic mass is 10.1. The molecular weight excluding hydrogens is 264 g/mol. The van der Waals surface area contributed by atoms with Crippen LogP contribution >= 0.6 is 0 Å². The van der Waals surface area contributed by atoms with E-state index >= 15 is 0 Å². The summed E-state index contributed by atoms with van der Waals surface area (Å²) in [5.41, 5.74) is 0. The summed E-state index contributed by atoms with van der Waals surface area (Å²) < 4.78 is 9.77. The number of aliphatic hydroxyl groups is 2. The fourth-order valence-corrected chi connectivity index (χ4v) is 2.13. The Kier molecular flexibility index (Phi) is 7.54. The van der Waals surface area contributed by atoms with Gasteiger partial charge in [-0.2, -0.15) is 0 Å². The van der Waals surface area contributed by atoms with Crippen molar-refractivity contribution in [1.82, 2.24) is 0 Å². The van der Waals surface area contributed by atoms with Gasteiger partial charge >= 0.3 is 17.9 Å². The van der Waals surface area contributed by atoms with E-state index in [1.54, 1.807) is 0 Å². The van der Waals surface area contributed by atoms with Gasteiger partial charge in [0.15, 0.2) is 0 Å². The van der Waals surface area contributed by atoms with Crippen LogP contribution < -0.4 is 0 Å². The molecule has 0 atom stereocenters. The first kappa shape index (κ1) is 16.9. The minimum absolute atomic E-state index is 0.124. The Hall–Kier alpha value is -1.14. The zero-order valence-corrected chi connectivity index (χ0v) is 11.8. The highest BCUT2D eigenvalue weighted by Gasteiger charge is 2.35. The summed E-state index contributed by atoms with van der Waals surface area (Å²) in [4.78, 5) is 23.3. The first-order valence-electron chi connectivity index (χ1n) is 7.33. The van der Waals surface area contributed by atoms with Crippen molar-refractivity contribution in [2.24, 2.45) is 0 Å². The van der Waals surface area contributed by atoms with Gasteiger partial charge in [-0.25, -0.2) is 0 Å². The highest BCUT2D eigenvalue weighted by Crippen LogP contribution is 2.21. The Morgan fingerprint density at radius 3 is 1.80 bits per heavy atom. The number of ether oxygens (including phenoxy) is 2. The van der Waals surface area contributed by atoms with E-state index in [1.165, 1.54) is 0 Å². The molecule has 1 aliphatic rings. The second-order valence-electron chi connectivity index (χ2n) is 5.11. The summed E-state index contributed by atoms with van der Waals surface area (Å²) >= 11 is 0. The van der Waals surface area contributed by atoms with Crippen molar-refractivity contribution in [3.63, 3.8) is 0 Å². The van der Waals surface area contributed by atoms with Crippen LogP contribution in [-0.2, 0) is 19.1 Å². The molecule has 116 valence electrons. The largest absolute Gasteiger partial charge is 0.398 e. The normalized spacial score (nSPS) is 21.9. The van der Waals surface area contributed by atoms with E-state index in [4.69, 9.17) is 14.6 Å². The Balaban J connectivity index is 2.65. The van der Waals surface area contributed by atoms with Gasteiger partial charge in [-0.1, -0.05) is 25.7 Å². The molecule has 1 rings (SSSR count). The minimum Gasteiger partial charge on any atom is -0.398 e. The van der Waals surface area contributed by atoms with Gasteiger partial charge in [0.05, 0.1) is 6.42 Å². The molecule has 1 aliphatic heterocycles. The minimum atomic E-state index is -2.25. The van der Waals surface area contributed by atoms with Gasteiger partial charge in [0.2, 0.25) is 0 Å². The summed E-state index contributed by atoms with van der Waals surface area (Å²) in [6.07, 6.45) is 5.74. The zero-order valence-electron chi connectivity index (χ0n) is 11.8. The highest BCUT2D eigenvalue weighted by atomic mass is 16.8. The summed E-state index contributed by atoms with van der Waals surface area (Å²) in [5, 5.41) is 18.9. The second kappa shape index (κ2) is 8.92. The fraction of sp³-hybridized carbons (Fsp3) is 0.857. The molecule has 0 saturated carbocycles. The van der Waals surface area contributed by atoms with Gasteiger partial charge in [-0.05, 0) is 19.3 Å². The van der Waals surface area contributed by atoms with E-state index in [0.29, 0.717) is 12.8 Å². The Bertz CT molecular complexity index is 291. The van der Waals surface area contributed by atoms with Crippen molar-refractivity contribution < 1.29 is 29.3 Å². The fourth-order valence-electron chi connectivity index (χ4n) is 2.13.